The largest absolute Gasteiger partial charge is 0.213 e. The second-order valence-electron chi connectivity index (χ2n) is 2.46. The Labute approximate surface area is 86.8 Å². The minimum atomic E-state index is -3.19. The minimum Gasteiger partial charge on any atom is -0.212 e. The number of halogens is 1. The maximum Gasteiger partial charge on any atom is 0.213 e. The van der Waals surface area contributed by atoms with E-state index in [1.54, 1.807) is 11.3 Å². The molecule has 0 aliphatic carbocycles. The van der Waals surface area contributed by atoms with Gasteiger partial charge in [0.25, 0.3) is 0 Å². The molecule has 0 saturated carbocycles. The predicted molar refractivity (Wildman–Crippen MR) is 55.7 cm³/mol. The van der Waals surface area contributed by atoms with E-state index in [1.807, 2.05) is 16.8 Å². The van der Waals surface area contributed by atoms with E-state index in [9.17, 15) is 8.42 Å². The summed E-state index contributed by atoms with van der Waals surface area (Å²) in [6.45, 7) is 0.350. The standard InChI is InChI=1S/C7H10ClNO2S2/c8-2-4-13(10,11)9-5-7-1-3-12-6-7/h1,3,6,9H,2,4-5H2. The highest BCUT2D eigenvalue weighted by molar-refractivity contribution is 7.89. The third kappa shape index (κ3) is 4.08. The van der Waals surface area contributed by atoms with Gasteiger partial charge in [-0.15, -0.1) is 11.6 Å². The van der Waals surface area contributed by atoms with Crippen molar-refractivity contribution in [3.05, 3.63) is 22.4 Å². The van der Waals surface area contributed by atoms with Gasteiger partial charge >= 0.3 is 0 Å². The van der Waals surface area contributed by atoms with E-state index in [1.165, 1.54) is 0 Å². The monoisotopic (exact) mass is 239 g/mol. The van der Waals surface area contributed by atoms with Crippen molar-refractivity contribution in [3.63, 3.8) is 0 Å². The quantitative estimate of drug-likeness (QED) is 0.790. The summed E-state index contributed by atoms with van der Waals surface area (Å²) in [5.41, 5.74) is 0.975. The van der Waals surface area contributed by atoms with Crippen molar-refractivity contribution >= 4 is 33.0 Å². The van der Waals surface area contributed by atoms with E-state index >= 15 is 0 Å². The fourth-order valence-electron chi connectivity index (χ4n) is 0.760. The van der Waals surface area contributed by atoms with Crippen LogP contribution >= 0.6 is 22.9 Å². The van der Waals surface area contributed by atoms with Gasteiger partial charge in [0.05, 0.1) is 5.75 Å². The van der Waals surface area contributed by atoms with Gasteiger partial charge in [-0.05, 0) is 22.4 Å². The Hall–Kier alpha value is -0.100. The van der Waals surface area contributed by atoms with Crippen LogP contribution in [-0.4, -0.2) is 20.1 Å². The average Bonchev–Trinajstić information content (AvgIpc) is 2.52. The van der Waals surface area contributed by atoms with Crippen LogP contribution < -0.4 is 4.72 Å². The van der Waals surface area contributed by atoms with Crippen molar-refractivity contribution in [2.75, 3.05) is 11.6 Å². The maximum atomic E-state index is 11.1. The van der Waals surface area contributed by atoms with Gasteiger partial charge in [0, 0.05) is 12.4 Å². The Morgan fingerprint density at radius 1 is 1.54 bits per heavy atom. The number of alkyl halides is 1. The van der Waals surface area contributed by atoms with Crippen LogP contribution in [0.25, 0.3) is 0 Å². The van der Waals surface area contributed by atoms with E-state index in [2.05, 4.69) is 4.72 Å². The molecule has 0 atom stereocenters. The lowest BCUT2D eigenvalue weighted by atomic mass is 10.4. The van der Waals surface area contributed by atoms with E-state index in [0.717, 1.165) is 5.56 Å². The number of rotatable bonds is 5. The summed E-state index contributed by atoms with van der Waals surface area (Å²) < 4.78 is 24.7. The van der Waals surface area contributed by atoms with Gasteiger partial charge < -0.3 is 0 Å². The summed E-state index contributed by atoms with van der Waals surface area (Å²) in [5.74, 6) is 0.0949. The second kappa shape index (κ2) is 4.95. The van der Waals surface area contributed by atoms with Crippen LogP contribution in [0.2, 0.25) is 0 Å². The minimum absolute atomic E-state index is 0.0291. The van der Waals surface area contributed by atoms with Gasteiger partial charge in [0.15, 0.2) is 0 Å². The molecule has 6 heteroatoms. The Bertz CT molecular complexity index is 333. The summed E-state index contributed by atoms with van der Waals surface area (Å²) in [5, 5.41) is 3.81. The molecule has 0 aliphatic rings. The highest BCUT2D eigenvalue weighted by Gasteiger charge is 2.08. The fourth-order valence-corrected chi connectivity index (χ4v) is 2.77. The van der Waals surface area contributed by atoms with Gasteiger partial charge in [0.1, 0.15) is 0 Å². The summed E-state index contributed by atoms with van der Waals surface area (Å²) in [7, 11) is -3.19. The molecule has 0 radical (unpaired) electrons. The van der Waals surface area contributed by atoms with Crippen LogP contribution in [0.5, 0.6) is 0 Å². The number of hydrogen-bond acceptors (Lipinski definition) is 3. The Morgan fingerprint density at radius 3 is 2.85 bits per heavy atom. The normalized spacial score (nSPS) is 11.8. The zero-order valence-corrected chi connectivity index (χ0v) is 9.25. The molecule has 1 heterocycles. The lowest BCUT2D eigenvalue weighted by Crippen LogP contribution is -2.26. The first kappa shape index (κ1) is 11.0. The predicted octanol–water partition coefficient (Wildman–Crippen LogP) is 1.41. The molecule has 0 fully saturated rings. The molecule has 0 unspecified atom stereocenters. The van der Waals surface area contributed by atoms with Gasteiger partial charge in [-0.1, -0.05) is 0 Å². The number of nitrogens with one attached hydrogen (secondary N) is 1. The third-order valence-corrected chi connectivity index (χ3v) is 3.89. The average molecular weight is 240 g/mol. The first-order valence-electron chi connectivity index (χ1n) is 3.68. The van der Waals surface area contributed by atoms with Crippen molar-refractivity contribution in [1.29, 1.82) is 0 Å². The molecule has 1 N–H and O–H groups in total. The van der Waals surface area contributed by atoms with E-state index in [4.69, 9.17) is 11.6 Å². The van der Waals surface area contributed by atoms with Gasteiger partial charge in [-0.25, -0.2) is 13.1 Å². The molecule has 0 saturated heterocycles. The molecular weight excluding hydrogens is 230 g/mol. The summed E-state index contributed by atoms with van der Waals surface area (Å²) in [6, 6.07) is 1.88. The molecular formula is C7H10ClNO2S2. The molecule has 0 spiro atoms. The molecule has 0 aromatic carbocycles. The van der Waals surface area contributed by atoms with E-state index in [0.29, 0.717) is 6.54 Å². The van der Waals surface area contributed by atoms with Gasteiger partial charge in [-0.2, -0.15) is 11.3 Å². The molecule has 0 bridgehead atoms. The van der Waals surface area contributed by atoms with Crippen molar-refractivity contribution in [3.8, 4) is 0 Å². The van der Waals surface area contributed by atoms with Crippen LogP contribution in [0, 0.1) is 0 Å². The Balaban J connectivity index is 2.43. The first-order valence-corrected chi connectivity index (χ1v) is 6.81. The zero-order valence-electron chi connectivity index (χ0n) is 6.86. The summed E-state index contributed by atoms with van der Waals surface area (Å²) >= 11 is 6.87. The van der Waals surface area contributed by atoms with Gasteiger partial charge in [-0.3, -0.25) is 0 Å². The van der Waals surface area contributed by atoms with Crippen molar-refractivity contribution in [1.82, 2.24) is 4.72 Å². The fraction of sp³-hybridized carbons (Fsp3) is 0.429. The number of sulfonamides is 1. The molecule has 0 amide bonds. The number of hydrogen-bond donors (Lipinski definition) is 1. The zero-order chi connectivity index (χ0) is 9.73. The smallest absolute Gasteiger partial charge is 0.212 e. The maximum absolute atomic E-state index is 11.1. The van der Waals surface area contributed by atoms with Crippen molar-refractivity contribution in [2.45, 2.75) is 6.54 Å². The second-order valence-corrected chi connectivity index (χ2v) is 5.54. The van der Waals surface area contributed by atoms with Crippen molar-refractivity contribution < 1.29 is 8.42 Å². The Morgan fingerprint density at radius 2 is 2.31 bits per heavy atom. The highest BCUT2D eigenvalue weighted by atomic mass is 35.5. The molecule has 3 nitrogen and oxygen atoms in total. The van der Waals surface area contributed by atoms with Crippen molar-refractivity contribution in [2.24, 2.45) is 0 Å². The molecule has 13 heavy (non-hydrogen) atoms. The van der Waals surface area contributed by atoms with E-state index in [-0.39, 0.29) is 11.6 Å². The van der Waals surface area contributed by atoms with E-state index < -0.39 is 10.0 Å². The molecule has 0 aliphatic heterocycles. The summed E-state index contributed by atoms with van der Waals surface area (Å²) in [6.07, 6.45) is 0. The van der Waals surface area contributed by atoms with Crippen LogP contribution in [0.4, 0.5) is 0 Å². The lowest BCUT2D eigenvalue weighted by molar-refractivity contribution is 0.583. The molecule has 1 aromatic rings. The van der Waals surface area contributed by atoms with Crippen LogP contribution in [0.3, 0.4) is 0 Å². The number of thiophene rings is 1. The topological polar surface area (TPSA) is 46.2 Å². The first-order chi connectivity index (χ1) is 6.14. The SMILES string of the molecule is O=S(=O)(CCCl)NCc1ccsc1. The third-order valence-electron chi connectivity index (χ3n) is 1.42. The molecule has 74 valence electrons. The highest BCUT2D eigenvalue weighted by Crippen LogP contribution is 2.05. The summed E-state index contributed by atoms with van der Waals surface area (Å²) in [4.78, 5) is 0. The van der Waals surface area contributed by atoms with Gasteiger partial charge in [0.2, 0.25) is 10.0 Å². The Kier molecular flexibility index (Phi) is 4.18. The van der Waals surface area contributed by atoms with Crippen LogP contribution in [0.15, 0.2) is 16.8 Å². The molecule has 1 aromatic heterocycles. The molecule has 1 rings (SSSR count). The van der Waals surface area contributed by atoms with Crippen LogP contribution in [-0.2, 0) is 16.6 Å². The van der Waals surface area contributed by atoms with Crippen LogP contribution in [0.1, 0.15) is 5.56 Å². The lowest BCUT2D eigenvalue weighted by Gasteiger charge is -2.02.